The van der Waals surface area contributed by atoms with Crippen molar-refractivity contribution in [2.45, 2.75) is 31.5 Å². The first-order valence-corrected chi connectivity index (χ1v) is 10.9. The number of benzene rings is 2. The van der Waals surface area contributed by atoms with Crippen LogP contribution >= 0.6 is 0 Å². The van der Waals surface area contributed by atoms with Gasteiger partial charge in [-0.05, 0) is 53.1 Å². The summed E-state index contributed by atoms with van der Waals surface area (Å²) in [5.41, 5.74) is 2.24. The molecule has 2 aliphatic rings. The number of nitrogens with zero attached hydrogens (tertiary/aromatic N) is 6. The Morgan fingerprint density at radius 2 is 1.77 bits per heavy atom. The molecule has 2 aromatic carbocycles. The number of anilines is 1. The third kappa shape index (κ3) is 4.45. The van der Waals surface area contributed by atoms with Crippen LogP contribution in [0.3, 0.4) is 0 Å². The molecule has 2 saturated heterocycles. The van der Waals surface area contributed by atoms with E-state index >= 15 is 0 Å². The van der Waals surface area contributed by atoms with Gasteiger partial charge >= 0.3 is 0 Å². The molecule has 0 saturated carbocycles. The molecule has 0 N–H and O–H groups in total. The summed E-state index contributed by atoms with van der Waals surface area (Å²) in [6.45, 7) is 4.99. The lowest BCUT2D eigenvalue weighted by Crippen LogP contribution is -2.48. The molecule has 2 unspecified atom stereocenters. The van der Waals surface area contributed by atoms with Crippen molar-refractivity contribution >= 4 is 5.69 Å². The first-order valence-electron chi connectivity index (χ1n) is 10.9. The van der Waals surface area contributed by atoms with Crippen LogP contribution < -0.4 is 4.90 Å². The van der Waals surface area contributed by atoms with Crippen LogP contribution in [0.15, 0.2) is 54.6 Å². The van der Waals surface area contributed by atoms with Crippen LogP contribution in [-0.4, -0.2) is 64.0 Å². The largest absolute Gasteiger partial charge is 0.376 e. The number of aromatic nitrogens is 4. The normalized spacial score (nSPS) is 20.8. The lowest BCUT2D eigenvalue weighted by atomic mass is 10.0. The zero-order valence-electron chi connectivity index (χ0n) is 17.5. The molecular weight excluding hydrogens is 395 g/mol. The second kappa shape index (κ2) is 9.11. The first-order chi connectivity index (χ1) is 15.3. The lowest BCUT2D eigenvalue weighted by molar-refractivity contribution is 0.0906. The first kappa shape index (κ1) is 20.1. The second-order valence-electron chi connectivity index (χ2n) is 8.17. The predicted octanol–water partition coefficient (Wildman–Crippen LogP) is 2.90. The average Bonchev–Trinajstić information content (AvgIpc) is 3.49. The third-order valence-corrected chi connectivity index (χ3v) is 6.19. The number of rotatable bonds is 6. The molecule has 2 atom stereocenters. The highest BCUT2D eigenvalue weighted by Gasteiger charge is 2.31. The SMILES string of the molecule is Fc1ccc(C(c2nnnn2CC2CCCO2)N2CCN(c3ccccc3)CC2)cc1. The van der Waals surface area contributed by atoms with Crippen molar-refractivity contribution in [1.29, 1.82) is 0 Å². The fourth-order valence-corrected chi connectivity index (χ4v) is 4.56. The molecule has 0 spiro atoms. The van der Waals surface area contributed by atoms with E-state index in [2.05, 4.69) is 49.6 Å². The van der Waals surface area contributed by atoms with Crippen molar-refractivity contribution in [2.24, 2.45) is 0 Å². The minimum atomic E-state index is -0.240. The van der Waals surface area contributed by atoms with E-state index in [4.69, 9.17) is 4.74 Å². The second-order valence-corrected chi connectivity index (χ2v) is 8.17. The Hall–Kier alpha value is -2.84. The van der Waals surface area contributed by atoms with Gasteiger partial charge in [0.2, 0.25) is 0 Å². The fraction of sp³-hybridized carbons (Fsp3) is 0.435. The minimum Gasteiger partial charge on any atom is -0.376 e. The summed E-state index contributed by atoms with van der Waals surface area (Å²) in [5.74, 6) is 0.547. The van der Waals surface area contributed by atoms with Gasteiger partial charge in [0.25, 0.3) is 0 Å². The molecule has 3 heterocycles. The zero-order chi connectivity index (χ0) is 21.0. The summed E-state index contributed by atoms with van der Waals surface area (Å²) < 4.78 is 21.3. The molecule has 162 valence electrons. The standard InChI is InChI=1S/C23H27FN6O/c24-19-10-8-18(9-11-19)22(23-25-26-27-30(23)17-21-7-4-16-31-21)29-14-12-28(13-15-29)20-5-2-1-3-6-20/h1-3,5-6,8-11,21-22H,4,7,12-17H2. The number of tetrazole rings is 1. The monoisotopic (exact) mass is 422 g/mol. The smallest absolute Gasteiger partial charge is 0.173 e. The highest BCUT2D eigenvalue weighted by Crippen LogP contribution is 2.30. The van der Waals surface area contributed by atoms with Crippen molar-refractivity contribution in [2.75, 3.05) is 37.7 Å². The maximum absolute atomic E-state index is 13.6. The van der Waals surface area contributed by atoms with Crippen LogP contribution in [0, 0.1) is 5.82 Å². The Labute approximate surface area is 181 Å². The topological polar surface area (TPSA) is 59.3 Å². The van der Waals surface area contributed by atoms with Gasteiger partial charge in [-0.1, -0.05) is 30.3 Å². The number of hydrogen-bond acceptors (Lipinski definition) is 6. The van der Waals surface area contributed by atoms with Gasteiger partial charge in [0.15, 0.2) is 5.82 Å². The predicted molar refractivity (Wildman–Crippen MR) is 115 cm³/mol. The van der Waals surface area contributed by atoms with Gasteiger partial charge in [-0.25, -0.2) is 9.07 Å². The van der Waals surface area contributed by atoms with Crippen molar-refractivity contribution in [3.8, 4) is 0 Å². The molecule has 31 heavy (non-hydrogen) atoms. The third-order valence-electron chi connectivity index (χ3n) is 6.19. The van der Waals surface area contributed by atoms with Crippen LogP contribution in [0.2, 0.25) is 0 Å². The number of piperazine rings is 1. The molecule has 2 aliphatic heterocycles. The highest BCUT2D eigenvalue weighted by molar-refractivity contribution is 5.46. The maximum Gasteiger partial charge on any atom is 0.173 e. The molecule has 8 heteroatoms. The molecule has 0 bridgehead atoms. The van der Waals surface area contributed by atoms with Crippen LogP contribution in [0.5, 0.6) is 0 Å². The summed E-state index contributed by atoms with van der Waals surface area (Å²) in [4.78, 5) is 4.79. The molecule has 0 amide bonds. The molecule has 1 aromatic heterocycles. The fourth-order valence-electron chi connectivity index (χ4n) is 4.56. The van der Waals surface area contributed by atoms with E-state index in [0.29, 0.717) is 6.54 Å². The Morgan fingerprint density at radius 1 is 1.00 bits per heavy atom. The average molecular weight is 423 g/mol. The molecule has 5 rings (SSSR count). The number of para-hydroxylation sites is 1. The molecule has 3 aromatic rings. The van der Waals surface area contributed by atoms with Gasteiger partial charge in [-0.3, -0.25) is 4.90 Å². The quantitative estimate of drug-likeness (QED) is 0.609. The van der Waals surface area contributed by atoms with Gasteiger partial charge in [-0.15, -0.1) is 5.10 Å². The Morgan fingerprint density at radius 3 is 2.48 bits per heavy atom. The van der Waals surface area contributed by atoms with Gasteiger partial charge < -0.3 is 9.64 Å². The van der Waals surface area contributed by atoms with Gasteiger partial charge in [0.1, 0.15) is 5.82 Å². The number of halogens is 1. The van der Waals surface area contributed by atoms with Gasteiger partial charge in [0.05, 0.1) is 18.7 Å². The van der Waals surface area contributed by atoms with E-state index in [-0.39, 0.29) is 18.0 Å². The van der Waals surface area contributed by atoms with Crippen molar-refractivity contribution < 1.29 is 9.13 Å². The van der Waals surface area contributed by atoms with E-state index in [9.17, 15) is 4.39 Å². The van der Waals surface area contributed by atoms with Gasteiger partial charge in [-0.2, -0.15) is 0 Å². The zero-order valence-corrected chi connectivity index (χ0v) is 17.5. The highest BCUT2D eigenvalue weighted by atomic mass is 19.1. The van der Waals surface area contributed by atoms with E-state index < -0.39 is 0 Å². The summed E-state index contributed by atoms with van der Waals surface area (Å²) in [7, 11) is 0. The Bertz CT molecular complexity index is 965. The Balaban J connectivity index is 1.40. The van der Waals surface area contributed by atoms with Crippen molar-refractivity contribution in [3.63, 3.8) is 0 Å². The van der Waals surface area contributed by atoms with E-state index in [1.54, 1.807) is 0 Å². The molecule has 0 aliphatic carbocycles. The summed E-state index contributed by atoms with van der Waals surface area (Å²) >= 11 is 0. The molecule has 0 radical (unpaired) electrons. The summed E-state index contributed by atoms with van der Waals surface area (Å²) in [5, 5.41) is 12.7. The van der Waals surface area contributed by atoms with E-state index in [0.717, 1.165) is 57.0 Å². The van der Waals surface area contributed by atoms with Crippen LogP contribution in [-0.2, 0) is 11.3 Å². The van der Waals surface area contributed by atoms with Crippen molar-refractivity contribution in [3.05, 3.63) is 71.8 Å². The summed E-state index contributed by atoms with van der Waals surface area (Å²) in [6.07, 6.45) is 2.24. The lowest BCUT2D eigenvalue weighted by Gasteiger charge is -2.40. The molecule has 2 fully saturated rings. The summed E-state index contributed by atoms with van der Waals surface area (Å²) in [6, 6.07) is 17.1. The van der Waals surface area contributed by atoms with Gasteiger partial charge in [0, 0.05) is 38.5 Å². The van der Waals surface area contributed by atoms with Crippen LogP contribution in [0.25, 0.3) is 0 Å². The number of hydrogen-bond donors (Lipinski definition) is 0. The number of ether oxygens (including phenoxy) is 1. The minimum absolute atomic E-state index is 0.130. The molecule has 7 nitrogen and oxygen atoms in total. The van der Waals surface area contributed by atoms with E-state index in [1.807, 2.05) is 22.9 Å². The van der Waals surface area contributed by atoms with E-state index in [1.165, 1.54) is 17.8 Å². The molecular formula is C23H27FN6O. The van der Waals surface area contributed by atoms with Crippen LogP contribution in [0.4, 0.5) is 10.1 Å². The van der Waals surface area contributed by atoms with Crippen molar-refractivity contribution in [1.82, 2.24) is 25.1 Å². The Kier molecular flexibility index (Phi) is 5.90. The maximum atomic E-state index is 13.6. The van der Waals surface area contributed by atoms with Crippen LogP contribution in [0.1, 0.15) is 30.3 Å².